The summed E-state index contributed by atoms with van der Waals surface area (Å²) in [5.41, 5.74) is -2.03. The van der Waals surface area contributed by atoms with Crippen molar-refractivity contribution in [1.29, 1.82) is 5.26 Å². The number of benzene rings is 1. The molecule has 1 aromatic carbocycles. The Balaban J connectivity index is 2.06. The fraction of sp³-hybridized carbons (Fsp3) is 0.500. The van der Waals surface area contributed by atoms with Gasteiger partial charge in [-0.3, -0.25) is 9.69 Å². The molecule has 0 unspecified atom stereocenters. The number of likely N-dealkylation sites (tertiary alicyclic amines) is 1. The van der Waals surface area contributed by atoms with Gasteiger partial charge in [-0.1, -0.05) is 6.07 Å². The third-order valence-corrected chi connectivity index (χ3v) is 4.21. The Morgan fingerprint density at radius 1 is 1.50 bits per heavy atom. The third-order valence-electron chi connectivity index (χ3n) is 4.21. The van der Waals surface area contributed by atoms with E-state index >= 15 is 0 Å². The zero-order valence-corrected chi connectivity index (χ0v) is 13.1. The first kappa shape index (κ1) is 18.2. The molecule has 0 saturated carbocycles. The lowest BCUT2D eigenvalue weighted by Crippen LogP contribution is -2.60. The zero-order valence-electron chi connectivity index (χ0n) is 13.1. The minimum Gasteiger partial charge on any atom is -0.379 e. The fourth-order valence-electron chi connectivity index (χ4n) is 2.71. The molecule has 130 valence electrons. The highest BCUT2D eigenvalue weighted by Crippen LogP contribution is 2.37. The molecular weight excluding hydrogens is 323 g/mol. The number of nitrogens with one attached hydrogen (secondary N) is 1. The predicted octanol–water partition coefficient (Wildman–Crippen LogP) is 2.27. The lowest BCUT2D eigenvalue weighted by atomic mass is 9.91. The first-order chi connectivity index (χ1) is 11.2. The summed E-state index contributed by atoms with van der Waals surface area (Å²) in [6.45, 7) is 1.15. The number of hydrogen-bond donors (Lipinski definition) is 2. The highest BCUT2D eigenvalue weighted by atomic mass is 19.4. The highest BCUT2D eigenvalue weighted by molar-refractivity contribution is 5.94. The average molecular weight is 341 g/mol. The molecule has 24 heavy (non-hydrogen) atoms. The van der Waals surface area contributed by atoms with Crippen LogP contribution in [0.3, 0.4) is 0 Å². The number of hydrogen-bond acceptors (Lipinski definition) is 4. The summed E-state index contributed by atoms with van der Waals surface area (Å²) < 4.78 is 39.0. The number of rotatable bonds is 3. The molecule has 2 rings (SSSR count). The summed E-state index contributed by atoms with van der Waals surface area (Å²) in [6.07, 6.45) is -4.95. The quantitative estimate of drug-likeness (QED) is 0.884. The van der Waals surface area contributed by atoms with Crippen molar-refractivity contribution in [2.75, 3.05) is 18.4 Å². The van der Waals surface area contributed by atoms with Crippen molar-refractivity contribution in [3.8, 4) is 6.07 Å². The second-order valence-corrected chi connectivity index (χ2v) is 5.96. The lowest BCUT2D eigenvalue weighted by molar-refractivity contribution is -0.275. The Hall–Kier alpha value is -2.11. The molecule has 1 aliphatic heterocycles. The van der Waals surface area contributed by atoms with E-state index in [1.165, 1.54) is 17.9 Å². The van der Waals surface area contributed by atoms with Gasteiger partial charge in [0, 0.05) is 12.2 Å². The Morgan fingerprint density at radius 2 is 2.21 bits per heavy atom. The van der Waals surface area contributed by atoms with Crippen LogP contribution in [0.15, 0.2) is 24.3 Å². The van der Waals surface area contributed by atoms with Gasteiger partial charge < -0.3 is 10.4 Å². The Bertz CT molecular complexity index is 657. The number of alkyl halides is 3. The van der Waals surface area contributed by atoms with Crippen molar-refractivity contribution in [3.63, 3.8) is 0 Å². The van der Waals surface area contributed by atoms with Crippen LogP contribution >= 0.6 is 0 Å². The molecule has 1 aliphatic rings. The number of β-amino-alcohol motifs (C(OH)–C–C–N with tert-alkyl or cyclic N) is 1. The molecule has 0 aliphatic carbocycles. The topological polar surface area (TPSA) is 76.4 Å². The molecule has 1 aromatic rings. The monoisotopic (exact) mass is 341 g/mol. The molecule has 0 radical (unpaired) electrons. The zero-order chi connectivity index (χ0) is 18.0. The molecule has 5 nitrogen and oxygen atoms in total. The van der Waals surface area contributed by atoms with Gasteiger partial charge in [0.25, 0.3) is 0 Å². The van der Waals surface area contributed by atoms with E-state index in [1.54, 1.807) is 18.2 Å². The summed E-state index contributed by atoms with van der Waals surface area (Å²) in [7, 11) is 0. The lowest BCUT2D eigenvalue weighted by Gasteiger charge is -2.42. The number of halogens is 3. The smallest absolute Gasteiger partial charge is 0.379 e. The highest BCUT2D eigenvalue weighted by Gasteiger charge is 2.55. The van der Waals surface area contributed by atoms with Gasteiger partial charge in [-0.15, -0.1) is 0 Å². The molecule has 1 saturated heterocycles. The second kappa shape index (κ2) is 6.79. The minimum absolute atomic E-state index is 0.150. The van der Waals surface area contributed by atoms with E-state index in [-0.39, 0.29) is 12.8 Å². The van der Waals surface area contributed by atoms with Gasteiger partial charge in [0.2, 0.25) is 5.91 Å². The number of aliphatic hydroxyl groups is 1. The molecule has 8 heteroatoms. The third kappa shape index (κ3) is 3.86. The van der Waals surface area contributed by atoms with Crippen LogP contribution in [0, 0.1) is 11.3 Å². The Morgan fingerprint density at radius 3 is 2.83 bits per heavy atom. The summed E-state index contributed by atoms with van der Waals surface area (Å²) in [5.74, 6) is -0.489. The molecule has 1 heterocycles. The van der Waals surface area contributed by atoms with Gasteiger partial charge in [-0.2, -0.15) is 18.4 Å². The number of piperidine rings is 1. The van der Waals surface area contributed by atoms with Crippen LogP contribution in [0.25, 0.3) is 0 Å². The van der Waals surface area contributed by atoms with Crippen molar-refractivity contribution >= 4 is 11.6 Å². The van der Waals surface area contributed by atoms with Crippen molar-refractivity contribution in [1.82, 2.24) is 4.90 Å². The Kier molecular flexibility index (Phi) is 5.16. The summed E-state index contributed by atoms with van der Waals surface area (Å²) >= 11 is 0. The fourth-order valence-corrected chi connectivity index (χ4v) is 2.71. The average Bonchev–Trinajstić information content (AvgIpc) is 2.53. The largest absolute Gasteiger partial charge is 0.418 e. The van der Waals surface area contributed by atoms with Gasteiger partial charge in [0.1, 0.15) is 0 Å². The van der Waals surface area contributed by atoms with Crippen molar-refractivity contribution < 1.29 is 23.1 Å². The van der Waals surface area contributed by atoms with Crippen LogP contribution in [0.1, 0.15) is 25.3 Å². The SMILES string of the molecule is C[C@@H](C(=O)Nc1cccc(C#N)c1)N1CCC[C@](O)(C(F)(F)F)C1. The van der Waals surface area contributed by atoms with Crippen molar-refractivity contribution in [3.05, 3.63) is 29.8 Å². The van der Waals surface area contributed by atoms with Crippen LogP contribution in [-0.4, -0.2) is 46.8 Å². The van der Waals surface area contributed by atoms with E-state index in [1.807, 2.05) is 6.07 Å². The minimum atomic E-state index is -4.73. The first-order valence-electron chi connectivity index (χ1n) is 7.50. The van der Waals surface area contributed by atoms with Gasteiger partial charge in [-0.25, -0.2) is 0 Å². The maximum atomic E-state index is 13.0. The molecular formula is C16H18F3N3O2. The van der Waals surface area contributed by atoms with E-state index in [2.05, 4.69) is 5.32 Å². The maximum Gasteiger partial charge on any atom is 0.418 e. The molecule has 2 N–H and O–H groups in total. The number of anilines is 1. The molecule has 0 aromatic heterocycles. The normalized spacial score (nSPS) is 23.3. The Labute approximate surface area is 137 Å². The van der Waals surface area contributed by atoms with E-state index in [0.717, 1.165) is 0 Å². The first-order valence-corrected chi connectivity index (χ1v) is 7.50. The summed E-state index contributed by atoms with van der Waals surface area (Å²) in [6, 6.07) is 7.34. The van der Waals surface area contributed by atoms with Crippen LogP contribution in [0.4, 0.5) is 18.9 Å². The number of carbonyl (C=O) groups is 1. The van der Waals surface area contributed by atoms with E-state index in [0.29, 0.717) is 17.8 Å². The van der Waals surface area contributed by atoms with Crippen LogP contribution in [0.2, 0.25) is 0 Å². The molecule has 1 amide bonds. The van der Waals surface area contributed by atoms with Gasteiger partial charge >= 0.3 is 6.18 Å². The molecule has 1 fully saturated rings. The van der Waals surface area contributed by atoms with Gasteiger partial charge in [0.05, 0.1) is 17.7 Å². The summed E-state index contributed by atoms with van der Waals surface area (Å²) in [5, 5.41) is 21.3. The predicted molar refractivity (Wildman–Crippen MR) is 81.1 cm³/mol. The van der Waals surface area contributed by atoms with Crippen LogP contribution in [-0.2, 0) is 4.79 Å². The molecule has 2 atom stereocenters. The molecule has 0 bridgehead atoms. The second-order valence-electron chi connectivity index (χ2n) is 5.96. The summed E-state index contributed by atoms with van der Waals surface area (Å²) in [4.78, 5) is 13.6. The van der Waals surface area contributed by atoms with E-state index in [9.17, 15) is 23.1 Å². The number of nitrogens with zero attached hydrogens (tertiary/aromatic N) is 2. The van der Waals surface area contributed by atoms with Gasteiger partial charge in [0.15, 0.2) is 5.60 Å². The van der Waals surface area contributed by atoms with E-state index in [4.69, 9.17) is 5.26 Å². The number of carbonyl (C=O) groups excluding carboxylic acids is 1. The van der Waals surface area contributed by atoms with Crippen molar-refractivity contribution in [2.24, 2.45) is 0 Å². The molecule has 0 spiro atoms. The maximum absolute atomic E-state index is 13.0. The van der Waals surface area contributed by atoms with E-state index < -0.39 is 30.3 Å². The number of amides is 1. The van der Waals surface area contributed by atoms with Crippen LogP contribution < -0.4 is 5.32 Å². The van der Waals surface area contributed by atoms with Gasteiger partial charge in [-0.05, 0) is 44.5 Å². The van der Waals surface area contributed by atoms with Crippen LogP contribution in [0.5, 0.6) is 0 Å². The van der Waals surface area contributed by atoms with Crippen molar-refractivity contribution in [2.45, 2.75) is 37.6 Å². The standard InChI is InChI=1S/C16H18F3N3O2/c1-11(14(23)21-13-5-2-4-12(8-13)9-20)22-7-3-6-15(24,10-22)16(17,18)19/h2,4-5,8,11,24H,3,6-7,10H2,1H3,(H,21,23)/t11-,15+/m0/s1. The number of nitriles is 1.